The van der Waals surface area contributed by atoms with E-state index in [1.807, 2.05) is 12.1 Å². The molecule has 0 radical (unpaired) electrons. The highest BCUT2D eigenvalue weighted by Crippen LogP contribution is 2.42. The Morgan fingerprint density at radius 3 is 2.57 bits per heavy atom. The van der Waals surface area contributed by atoms with Crippen molar-refractivity contribution in [1.82, 2.24) is 14.5 Å². The van der Waals surface area contributed by atoms with Crippen molar-refractivity contribution in [2.75, 3.05) is 51.8 Å². The summed E-state index contributed by atoms with van der Waals surface area (Å²) in [5.41, 5.74) is 2.13. The number of methoxy groups -OCH3 is 1. The van der Waals surface area contributed by atoms with Crippen LogP contribution < -0.4 is 20.0 Å². The molecule has 3 aromatic rings. The van der Waals surface area contributed by atoms with E-state index in [-0.39, 0.29) is 41.5 Å². The number of fused-ring (bicyclic) bond motifs is 3. The smallest absolute Gasteiger partial charge is 0.341 e. The molecule has 0 bridgehead atoms. The number of hydrogen-bond donors (Lipinski definition) is 1. The normalized spacial score (nSPS) is 20.9. The van der Waals surface area contributed by atoms with Crippen LogP contribution in [-0.2, 0) is 27.7 Å². The zero-order valence-electron chi connectivity index (χ0n) is 27.9. The molecule has 1 aromatic heterocycles. The number of nitrogens with one attached hydrogen (secondary N) is 1. The van der Waals surface area contributed by atoms with Crippen molar-refractivity contribution in [1.29, 1.82) is 0 Å². The molecule has 2 aromatic carbocycles. The van der Waals surface area contributed by atoms with Crippen molar-refractivity contribution in [3.8, 4) is 5.75 Å². The molecule has 262 valence electrons. The van der Waals surface area contributed by atoms with Crippen LogP contribution in [-0.4, -0.2) is 93.9 Å². The summed E-state index contributed by atoms with van der Waals surface area (Å²) >= 11 is 6.91. The second-order valence-corrected chi connectivity index (χ2v) is 16.5. The minimum Gasteiger partial charge on any atom is -0.490 e. The molecule has 14 heteroatoms. The van der Waals surface area contributed by atoms with Gasteiger partial charge in [-0.25, -0.2) is 17.9 Å². The predicted molar refractivity (Wildman–Crippen MR) is 185 cm³/mol. The van der Waals surface area contributed by atoms with Gasteiger partial charge in [0.25, 0.3) is 11.8 Å². The second kappa shape index (κ2) is 12.9. The number of piperazine rings is 1. The van der Waals surface area contributed by atoms with Gasteiger partial charge in [-0.1, -0.05) is 11.6 Å². The molecule has 0 unspecified atom stereocenters. The molecule has 2 saturated carbocycles. The zero-order valence-corrected chi connectivity index (χ0v) is 29.5. The molecule has 3 fully saturated rings. The number of ether oxygens (including phenoxy) is 2. The van der Waals surface area contributed by atoms with Gasteiger partial charge in [0.05, 0.1) is 46.9 Å². The number of benzene rings is 2. The molecule has 0 spiro atoms. The zero-order chi connectivity index (χ0) is 34.7. The van der Waals surface area contributed by atoms with Gasteiger partial charge in [-0.15, -0.1) is 0 Å². The molecule has 1 atom stereocenters. The number of halogens is 1. The quantitative estimate of drug-likeness (QED) is 0.325. The summed E-state index contributed by atoms with van der Waals surface area (Å²) in [6.07, 6.45) is 3.87. The number of anilines is 1. The Morgan fingerprint density at radius 2 is 1.88 bits per heavy atom. The highest BCUT2D eigenvalue weighted by molar-refractivity contribution is 7.91. The lowest BCUT2D eigenvalue weighted by Crippen LogP contribution is -2.53. The SMILES string of the molecule is COC[C@H]1CN(c2ccc3c4c(c(=O)oc3c2Cl)CN(C(=O)c2ccc(C(=O)NS(=O)(=O)C3(C)CC3)c(OC3CCC3)c2)CC4)CCN1C. The van der Waals surface area contributed by atoms with E-state index in [1.54, 1.807) is 18.9 Å². The first kappa shape index (κ1) is 33.8. The van der Waals surface area contributed by atoms with Gasteiger partial charge < -0.3 is 23.7 Å². The van der Waals surface area contributed by atoms with E-state index >= 15 is 0 Å². The summed E-state index contributed by atoms with van der Waals surface area (Å²) in [5.74, 6) is -0.976. The van der Waals surface area contributed by atoms with Gasteiger partial charge in [0.15, 0.2) is 5.58 Å². The third-order valence-corrected chi connectivity index (χ3v) is 13.1. The number of carbonyl (C=O) groups excluding carboxylic acids is 2. The number of hydrogen-bond acceptors (Lipinski definition) is 10. The fourth-order valence-electron chi connectivity index (χ4n) is 6.78. The van der Waals surface area contributed by atoms with Crippen LogP contribution in [0.5, 0.6) is 5.75 Å². The van der Waals surface area contributed by atoms with E-state index in [9.17, 15) is 22.8 Å². The molecule has 2 aliphatic heterocycles. The third-order valence-electron chi connectivity index (χ3n) is 10.6. The van der Waals surface area contributed by atoms with Crippen LogP contribution in [0.4, 0.5) is 5.69 Å². The molecule has 7 rings (SSSR count). The number of nitrogens with zero attached hydrogens (tertiary/aromatic N) is 3. The molecule has 4 aliphatic rings. The second-order valence-electron chi connectivity index (χ2n) is 13.9. The summed E-state index contributed by atoms with van der Waals surface area (Å²) in [5, 5.41) is 1.14. The van der Waals surface area contributed by atoms with Crippen molar-refractivity contribution in [3.63, 3.8) is 0 Å². The molecule has 12 nitrogen and oxygen atoms in total. The largest absolute Gasteiger partial charge is 0.490 e. The van der Waals surface area contributed by atoms with Crippen molar-refractivity contribution in [2.24, 2.45) is 0 Å². The topological polar surface area (TPSA) is 139 Å². The minimum atomic E-state index is -3.87. The molecule has 2 aliphatic carbocycles. The van der Waals surface area contributed by atoms with Gasteiger partial charge in [-0.05, 0) is 88.4 Å². The highest BCUT2D eigenvalue weighted by atomic mass is 35.5. The van der Waals surface area contributed by atoms with E-state index < -0.39 is 26.3 Å². The number of carbonyl (C=O) groups is 2. The van der Waals surface area contributed by atoms with Gasteiger partial charge in [0.2, 0.25) is 10.0 Å². The van der Waals surface area contributed by atoms with Gasteiger partial charge in [-0.2, -0.15) is 0 Å². The first-order valence-electron chi connectivity index (χ1n) is 16.8. The molecule has 49 heavy (non-hydrogen) atoms. The van der Waals surface area contributed by atoms with Crippen LogP contribution in [0.2, 0.25) is 5.02 Å². The Bertz CT molecular complexity index is 1990. The van der Waals surface area contributed by atoms with Crippen LogP contribution in [0.3, 0.4) is 0 Å². The maximum Gasteiger partial charge on any atom is 0.341 e. The number of amides is 2. The minimum absolute atomic E-state index is 0.0425. The maximum absolute atomic E-state index is 13.8. The van der Waals surface area contributed by atoms with Crippen molar-refractivity contribution < 1.29 is 31.9 Å². The van der Waals surface area contributed by atoms with E-state index in [2.05, 4.69) is 21.6 Å². The Balaban J connectivity index is 1.13. The fourth-order valence-corrected chi connectivity index (χ4v) is 8.34. The molecular weight excluding hydrogens is 672 g/mol. The van der Waals surface area contributed by atoms with E-state index in [4.69, 9.17) is 25.5 Å². The van der Waals surface area contributed by atoms with Gasteiger partial charge >= 0.3 is 5.63 Å². The number of sulfonamides is 1. The van der Waals surface area contributed by atoms with E-state index in [1.165, 1.54) is 18.2 Å². The summed E-state index contributed by atoms with van der Waals surface area (Å²) in [7, 11) is -0.105. The molecule has 3 heterocycles. The van der Waals surface area contributed by atoms with Gasteiger partial charge in [0, 0.05) is 44.2 Å². The standard InChI is InChI=1S/C35H41ClN4O8S/c1-35(12-13-35)49(44,45)37-32(41)26-8-7-21(17-29(26)47-23-5-4-6-23)33(42)40-14-11-24-25-9-10-28(30(36)31(25)48-34(43)27(24)19-40)39-16-15-38(2)22(18-39)20-46-3/h7-10,17,22-23H,4-6,11-16,18-20H2,1-3H3,(H,37,41)/t22-/m1/s1. The van der Waals surface area contributed by atoms with Crippen LogP contribution in [0.25, 0.3) is 11.0 Å². The summed E-state index contributed by atoms with van der Waals surface area (Å²) in [6, 6.07) is 8.53. The monoisotopic (exact) mass is 712 g/mol. The lowest BCUT2D eigenvalue weighted by atomic mass is 9.95. The van der Waals surface area contributed by atoms with Crippen molar-refractivity contribution in [2.45, 2.75) is 68.9 Å². The van der Waals surface area contributed by atoms with Crippen LogP contribution in [0, 0.1) is 0 Å². The predicted octanol–water partition coefficient (Wildman–Crippen LogP) is 3.96. The molecule has 1 saturated heterocycles. The lowest BCUT2D eigenvalue weighted by Gasteiger charge is -2.40. The average molecular weight is 713 g/mol. The molecule has 1 N–H and O–H groups in total. The summed E-state index contributed by atoms with van der Waals surface area (Å²) < 4.78 is 44.1. The Hall–Kier alpha value is -3.65. The Labute approximate surface area is 290 Å². The van der Waals surface area contributed by atoms with Crippen molar-refractivity contribution >= 4 is 50.1 Å². The molecular formula is C35H41ClN4O8S. The summed E-state index contributed by atoms with van der Waals surface area (Å²) in [4.78, 5) is 46.4. The first-order valence-corrected chi connectivity index (χ1v) is 18.6. The van der Waals surface area contributed by atoms with Crippen LogP contribution in [0.1, 0.15) is 70.9 Å². The first-order chi connectivity index (χ1) is 23.4. The Morgan fingerprint density at radius 1 is 1.10 bits per heavy atom. The van der Waals surface area contributed by atoms with Crippen LogP contribution in [0.15, 0.2) is 39.5 Å². The van der Waals surface area contributed by atoms with Gasteiger partial charge in [0.1, 0.15) is 10.8 Å². The number of likely N-dealkylation sites (N-methyl/N-ethyl adjacent to an activating group) is 1. The van der Waals surface area contributed by atoms with Gasteiger partial charge in [-0.3, -0.25) is 14.5 Å². The average Bonchev–Trinajstić information content (AvgIpc) is 3.83. The summed E-state index contributed by atoms with van der Waals surface area (Å²) in [6.45, 7) is 4.92. The van der Waals surface area contributed by atoms with E-state index in [0.29, 0.717) is 48.6 Å². The number of rotatable bonds is 9. The maximum atomic E-state index is 13.8. The van der Waals surface area contributed by atoms with Crippen molar-refractivity contribution in [3.05, 3.63) is 68.0 Å². The Kier molecular flexibility index (Phi) is 8.91. The third kappa shape index (κ3) is 6.30. The van der Waals surface area contributed by atoms with E-state index in [0.717, 1.165) is 55.5 Å². The fraction of sp³-hybridized carbons (Fsp3) is 0.514. The molecule has 2 amide bonds. The highest BCUT2D eigenvalue weighted by Gasteiger charge is 2.51. The lowest BCUT2D eigenvalue weighted by molar-refractivity contribution is 0.0729. The van der Waals surface area contributed by atoms with Crippen LogP contribution >= 0.6 is 11.6 Å².